The van der Waals surface area contributed by atoms with Crippen molar-refractivity contribution in [2.24, 2.45) is 0 Å². The Balaban J connectivity index is 0.000000192. The number of anilines is 10. The highest BCUT2D eigenvalue weighted by Gasteiger charge is 2.17. The maximum atomic E-state index is 12.7. The first-order valence-corrected chi connectivity index (χ1v) is 31.2. The minimum absolute atomic E-state index is 0.295. The van der Waals surface area contributed by atoms with E-state index in [0.717, 1.165) is 21.2 Å². The first-order chi connectivity index (χ1) is 43.3. The fraction of sp³-hybridized carbons (Fsp3) is 0.0333. The fourth-order valence-electron chi connectivity index (χ4n) is 7.43. The van der Waals surface area contributed by atoms with Crippen LogP contribution < -0.4 is 61.4 Å². The Bertz CT molecular complexity index is 3660. The van der Waals surface area contributed by atoms with E-state index in [4.69, 9.17) is 0 Å². The second kappa shape index (κ2) is 37.1. The van der Waals surface area contributed by atoms with Crippen molar-refractivity contribution in [3.8, 4) is 0 Å². The third-order valence-corrected chi connectivity index (χ3v) is 13.6. The molecule has 9 rings (SSSR count). The van der Waals surface area contributed by atoms with Gasteiger partial charge in [0.2, 0.25) is 0 Å². The monoisotopic (exact) mass is 1360 g/mol. The lowest BCUT2D eigenvalue weighted by Gasteiger charge is -2.20. The molecule has 30 heteroatoms. The summed E-state index contributed by atoms with van der Waals surface area (Å²) in [6.07, 6.45) is 0. The highest BCUT2D eigenvalue weighted by atomic mass is 79.9. The summed E-state index contributed by atoms with van der Waals surface area (Å²) in [6.45, 7) is 0.432. The molecule has 0 heterocycles. The van der Waals surface area contributed by atoms with Crippen molar-refractivity contribution < 1.29 is 58.6 Å². The van der Waals surface area contributed by atoms with Gasteiger partial charge in [-0.2, -0.15) is 0 Å². The molecule has 4 unspecified atom stereocenters. The number of urea groups is 4. The Morgan fingerprint density at radius 3 is 0.911 bits per heavy atom. The molecule has 0 fully saturated rings. The molecule has 8 amide bonds. The summed E-state index contributed by atoms with van der Waals surface area (Å²) in [7, 11) is 0. The van der Waals surface area contributed by atoms with Gasteiger partial charge in [0, 0.05) is 113 Å². The molecule has 0 saturated carbocycles. The van der Waals surface area contributed by atoms with Crippen molar-refractivity contribution in [3.05, 3.63) is 264 Å². The van der Waals surface area contributed by atoms with Gasteiger partial charge in [-0.25, -0.2) is 23.6 Å². The summed E-state index contributed by atoms with van der Waals surface area (Å²) in [5, 5.41) is 21.5. The predicted molar refractivity (Wildman–Crippen MR) is 351 cm³/mol. The predicted octanol–water partition coefficient (Wildman–Crippen LogP) is 12.0. The average molecular weight is 1360 g/mol. The van der Waals surface area contributed by atoms with E-state index < -0.39 is 51.1 Å². The molecule has 90 heavy (non-hydrogen) atoms. The lowest BCUT2D eigenvalue weighted by Crippen LogP contribution is -2.33. The van der Waals surface area contributed by atoms with Gasteiger partial charge in [0.1, 0.15) is 5.82 Å². The standard InChI is InChI=1S/C20H19N3O3S.C14H15N3O3S.C13H12BrN3O3S.C13H12FN3O3S/c24-20(21-17-11-13-18(14-12-17)23-27(25)26)22-19(15-7-3-1-4-8-15)16-9-5-2-6-10-16;18-14(15-10-11-4-2-1-3-5-11)16-12-6-8-13(9-7-12)17-21(19)20;2*14-9-1-3-10(4-2-9)15-13(18)16-11-5-7-12(8-6-11)17-21(19)20/h1-14,19,23H,(H,25,26)(H2,21,22,24);1-9,17H,10H2,(H,19,20)(H2,15,16,18);2*1-8,17H,(H,19,20)(H2,15,16,18)/p-4. The molecule has 0 bridgehead atoms. The van der Waals surface area contributed by atoms with Crippen LogP contribution in [-0.2, 0) is 51.6 Å². The SMILES string of the molecule is O=C(NCc1ccccc1)Nc1ccc(NS(=O)[O-])cc1.O=C(Nc1ccc(Br)cc1)Nc1ccc(NS(=O)[O-])cc1.O=C(Nc1ccc(F)cc1)Nc1ccc(NS(=O)[O-])cc1.O=C(Nc1ccc(NS(=O)[O-])cc1)NC(c1ccccc1)c1ccccc1. The topological polar surface area (TPSA) is 373 Å². The van der Waals surface area contributed by atoms with E-state index in [9.17, 15) is 58.6 Å². The Labute approximate surface area is 534 Å². The van der Waals surface area contributed by atoms with Gasteiger partial charge >= 0.3 is 24.1 Å². The van der Waals surface area contributed by atoms with Gasteiger partial charge in [-0.15, -0.1) is 0 Å². The number of carbonyl (C=O) groups is 4. The van der Waals surface area contributed by atoms with Crippen molar-refractivity contribution in [1.82, 2.24) is 10.6 Å². The van der Waals surface area contributed by atoms with Crippen molar-refractivity contribution in [3.63, 3.8) is 0 Å². The summed E-state index contributed by atoms with van der Waals surface area (Å²) >= 11 is -6.19. The number of benzene rings is 9. The molecule has 0 aliphatic heterocycles. The summed E-state index contributed by atoms with van der Waals surface area (Å²) in [5.74, 6) is -0.389. The van der Waals surface area contributed by atoms with E-state index in [1.54, 1.807) is 97.1 Å². The Morgan fingerprint density at radius 2 is 0.600 bits per heavy atom. The number of carbonyl (C=O) groups excluding carboxylic acids is 4. The Kier molecular flexibility index (Phi) is 28.5. The molecule has 24 nitrogen and oxygen atoms in total. The Hall–Kier alpha value is -9.89. The summed E-state index contributed by atoms with van der Waals surface area (Å²) in [4.78, 5) is 47.7. The van der Waals surface area contributed by atoms with Gasteiger partial charge in [-0.05, 0) is 162 Å². The van der Waals surface area contributed by atoms with Gasteiger partial charge in [-0.3, -0.25) is 16.8 Å². The van der Waals surface area contributed by atoms with E-state index >= 15 is 0 Å². The molecule has 0 saturated heterocycles. The van der Waals surface area contributed by atoms with Crippen LogP contribution in [0.25, 0.3) is 0 Å². The third-order valence-electron chi connectivity index (χ3n) is 11.4. The van der Waals surface area contributed by atoms with Crippen molar-refractivity contribution in [2.45, 2.75) is 12.6 Å². The smallest absolute Gasteiger partial charge is 0.323 e. The molecule has 0 aliphatic carbocycles. The highest BCUT2D eigenvalue weighted by molar-refractivity contribution is 9.10. The first kappa shape index (κ1) is 69.2. The zero-order chi connectivity index (χ0) is 64.6. The largest absolute Gasteiger partial charge is 0.755 e. The van der Waals surface area contributed by atoms with E-state index in [0.29, 0.717) is 63.4 Å². The summed E-state index contributed by atoms with van der Waals surface area (Å²) in [6, 6.07) is 64.7. The first-order valence-electron chi connectivity index (χ1n) is 26.1. The van der Waals surface area contributed by atoms with E-state index in [1.807, 2.05) is 103 Å². The van der Waals surface area contributed by atoms with Crippen LogP contribution in [0.15, 0.2) is 241 Å². The molecule has 9 aromatic rings. The zero-order valence-corrected chi connectivity index (χ0v) is 51.4. The van der Waals surface area contributed by atoms with E-state index in [1.165, 1.54) is 36.4 Å². The van der Waals surface area contributed by atoms with Crippen LogP contribution in [-0.4, -0.2) is 59.2 Å². The lowest BCUT2D eigenvalue weighted by molar-refractivity contribution is 0.249. The van der Waals surface area contributed by atoms with Crippen LogP contribution in [0.1, 0.15) is 22.7 Å². The fourth-order valence-corrected chi connectivity index (χ4v) is 9.00. The van der Waals surface area contributed by atoms with Gasteiger partial charge < -0.3 is 79.6 Å². The number of halogens is 2. The molecule has 468 valence electrons. The molecule has 0 aromatic heterocycles. The number of hydrogen-bond donors (Lipinski definition) is 12. The van der Waals surface area contributed by atoms with Gasteiger partial charge in [0.15, 0.2) is 0 Å². The van der Waals surface area contributed by atoms with Crippen LogP contribution in [0.3, 0.4) is 0 Å². The molecule has 0 radical (unpaired) electrons. The maximum Gasteiger partial charge on any atom is 0.323 e. The van der Waals surface area contributed by atoms with E-state index in [-0.39, 0.29) is 30.0 Å². The molecule has 9 aromatic carbocycles. The second-order valence-electron chi connectivity index (χ2n) is 18.0. The van der Waals surface area contributed by atoms with Crippen molar-refractivity contribution in [1.29, 1.82) is 0 Å². The van der Waals surface area contributed by atoms with Gasteiger partial charge in [0.25, 0.3) is 0 Å². The molecule has 0 spiro atoms. The second-order valence-corrected chi connectivity index (χ2v) is 21.6. The minimum atomic E-state index is -2.39. The third kappa shape index (κ3) is 27.0. The molecular weight excluding hydrogens is 1310 g/mol. The highest BCUT2D eigenvalue weighted by Crippen LogP contribution is 2.24. The van der Waals surface area contributed by atoms with Gasteiger partial charge in [0.05, 0.1) is 6.04 Å². The lowest BCUT2D eigenvalue weighted by atomic mass is 9.99. The number of rotatable bonds is 19. The number of hydrogen-bond acceptors (Lipinski definition) is 12. The molecular formula is C60H54BrFN12O12S4-4. The van der Waals surface area contributed by atoms with Crippen LogP contribution in [0, 0.1) is 5.82 Å². The van der Waals surface area contributed by atoms with Crippen molar-refractivity contribution >= 4 is 142 Å². The van der Waals surface area contributed by atoms with Crippen LogP contribution >= 0.6 is 15.9 Å². The normalized spacial score (nSPS) is 11.5. The van der Waals surface area contributed by atoms with E-state index in [2.05, 4.69) is 77.4 Å². The molecule has 12 N–H and O–H groups in total. The Morgan fingerprint density at radius 1 is 0.344 bits per heavy atom. The van der Waals surface area contributed by atoms with Crippen LogP contribution in [0.5, 0.6) is 0 Å². The zero-order valence-electron chi connectivity index (χ0n) is 46.6. The van der Waals surface area contributed by atoms with Gasteiger partial charge in [-0.1, -0.05) is 107 Å². The summed E-state index contributed by atoms with van der Waals surface area (Å²) < 4.78 is 107. The van der Waals surface area contributed by atoms with Crippen LogP contribution in [0.4, 0.5) is 80.4 Å². The molecule has 0 aliphatic rings. The number of nitrogens with one attached hydrogen (secondary N) is 12. The average Bonchev–Trinajstić information content (AvgIpc) is 2.00. The molecule has 4 atom stereocenters. The number of amides is 8. The summed E-state index contributed by atoms with van der Waals surface area (Å²) in [5.41, 5.74) is 7.86. The maximum absolute atomic E-state index is 12.7. The minimum Gasteiger partial charge on any atom is -0.755 e. The van der Waals surface area contributed by atoms with Crippen molar-refractivity contribution in [2.75, 3.05) is 50.8 Å². The van der Waals surface area contributed by atoms with Crippen LogP contribution in [0.2, 0.25) is 0 Å². The quantitative estimate of drug-likeness (QED) is 0.0336.